The van der Waals surface area contributed by atoms with Crippen LogP contribution in [0.1, 0.15) is 77.6 Å². The molecule has 108 valence electrons. The van der Waals surface area contributed by atoms with Crippen molar-refractivity contribution >= 4 is 12.6 Å². The SMILES string of the molecule is CCC1CCCCN1CCCCCCCCCS. The highest BCUT2D eigenvalue weighted by molar-refractivity contribution is 7.80. The number of hydrogen-bond donors (Lipinski definition) is 1. The van der Waals surface area contributed by atoms with Gasteiger partial charge in [0.05, 0.1) is 0 Å². The minimum atomic E-state index is 0.897. The van der Waals surface area contributed by atoms with Crippen LogP contribution >= 0.6 is 12.6 Å². The van der Waals surface area contributed by atoms with Gasteiger partial charge in [0.2, 0.25) is 0 Å². The first-order chi connectivity index (χ1) is 8.88. The molecule has 1 rings (SSSR count). The summed E-state index contributed by atoms with van der Waals surface area (Å²) in [4.78, 5) is 2.75. The van der Waals surface area contributed by atoms with Gasteiger partial charge < -0.3 is 4.90 Å². The lowest BCUT2D eigenvalue weighted by molar-refractivity contribution is 0.141. The molecular weight excluding hydrogens is 238 g/mol. The molecule has 0 radical (unpaired) electrons. The number of unbranched alkanes of at least 4 members (excludes halogenated alkanes) is 6. The molecule has 1 nitrogen and oxygen atoms in total. The third-order valence-electron chi connectivity index (χ3n) is 4.32. The van der Waals surface area contributed by atoms with Crippen LogP contribution in [0.3, 0.4) is 0 Å². The van der Waals surface area contributed by atoms with Gasteiger partial charge >= 0.3 is 0 Å². The standard InChI is InChI=1S/C16H33NS/c1-2-16-12-8-10-14-17(16)13-9-6-4-3-5-7-11-15-18/h16,18H,2-15H2,1H3. The highest BCUT2D eigenvalue weighted by Gasteiger charge is 2.19. The Labute approximate surface area is 120 Å². The third-order valence-corrected chi connectivity index (χ3v) is 4.64. The first kappa shape index (κ1) is 16.4. The maximum atomic E-state index is 4.25. The Bertz CT molecular complexity index is 184. The molecular formula is C16H33NS. The van der Waals surface area contributed by atoms with Crippen LogP contribution in [0.2, 0.25) is 0 Å². The molecule has 1 aliphatic rings. The lowest BCUT2D eigenvalue weighted by Gasteiger charge is -2.35. The van der Waals surface area contributed by atoms with E-state index >= 15 is 0 Å². The smallest absolute Gasteiger partial charge is 0.00926 e. The zero-order valence-electron chi connectivity index (χ0n) is 12.4. The summed E-state index contributed by atoms with van der Waals surface area (Å²) in [6.45, 7) is 5.07. The van der Waals surface area contributed by atoms with Gasteiger partial charge in [-0.15, -0.1) is 0 Å². The van der Waals surface area contributed by atoms with E-state index in [9.17, 15) is 0 Å². The molecule has 1 saturated heterocycles. The van der Waals surface area contributed by atoms with Crippen LogP contribution < -0.4 is 0 Å². The normalized spacial score (nSPS) is 21.3. The predicted octanol–water partition coefficient (Wildman–Crippen LogP) is 4.91. The Morgan fingerprint density at radius 1 is 0.944 bits per heavy atom. The second-order valence-electron chi connectivity index (χ2n) is 5.79. The first-order valence-corrected chi connectivity index (χ1v) is 8.86. The zero-order chi connectivity index (χ0) is 13.1. The summed E-state index contributed by atoms with van der Waals surface area (Å²) in [6.07, 6.45) is 15.5. The van der Waals surface area contributed by atoms with Crippen molar-refractivity contribution in [2.24, 2.45) is 0 Å². The molecule has 0 N–H and O–H groups in total. The Morgan fingerprint density at radius 3 is 2.28 bits per heavy atom. The molecule has 1 atom stereocenters. The highest BCUT2D eigenvalue weighted by atomic mass is 32.1. The molecule has 0 bridgehead atoms. The number of hydrogen-bond acceptors (Lipinski definition) is 2. The summed E-state index contributed by atoms with van der Waals surface area (Å²) in [5, 5.41) is 0. The van der Waals surface area contributed by atoms with Crippen molar-refractivity contribution in [3.8, 4) is 0 Å². The summed E-state index contributed by atoms with van der Waals surface area (Å²) in [5.74, 6) is 1.06. The van der Waals surface area contributed by atoms with Crippen LogP contribution in [0.4, 0.5) is 0 Å². The van der Waals surface area contributed by atoms with Crippen molar-refractivity contribution in [2.45, 2.75) is 83.6 Å². The van der Waals surface area contributed by atoms with Gasteiger partial charge in [-0.25, -0.2) is 0 Å². The Morgan fingerprint density at radius 2 is 1.61 bits per heavy atom. The van der Waals surface area contributed by atoms with Gasteiger partial charge in [-0.2, -0.15) is 12.6 Å². The van der Waals surface area contributed by atoms with Crippen LogP contribution in [0.25, 0.3) is 0 Å². The first-order valence-electron chi connectivity index (χ1n) is 8.23. The van der Waals surface area contributed by atoms with Crippen LogP contribution in [-0.4, -0.2) is 29.8 Å². The summed E-state index contributed by atoms with van der Waals surface area (Å²) < 4.78 is 0. The number of rotatable bonds is 10. The van der Waals surface area contributed by atoms with Gasteiger partial charge in [0.1, 0.15) is 0 Å². The molecule has 1 fully saturated rings. The van der Waals surface area contributed by atoms with E-state index in [0.717, 1.165) is 11.8 Å². The number of likely N-dealkylation sites (tertiary alicyclic amines) is 1. The van der Waals surface area contributed by atoms with Gasteiger partial charge in [-0.05, 0) is 50.9 Å². The second-order valence-corrected chi connectivity index (χ2v) is 6.24. The molecule has 0 aromatic heterocycles. The highest BCUT2D eigenvalue weighted by Crippen LogP contribution is 2.20. The molecule has 0 aromatic carbocycles. The van der Waals surface area contributed by atoms with E-state index in [-0.39, 0.29) is 0 Å². The lowest BCUT2D eigenvalue weighted by Crippen LogP contribution is -2.39. The maximum Gasteiger partial charge on any atom is 0.00926 e. The quantitative estimate of drug-likeness (QED) is 0.436. The Kier molecular flexibility index (Phi) is 10.1. The molecule has 1 aliphatic heterocycles. The Balaban J connectivity index is 1.93. The summed E-state index contributed by atoms with van der Waals surface area (Å²) >= 11 is 4.25. The van der Waals surface area contributed by atoms with E-state index in [4.69, 9.17) is 0 Å². The van der Waals surface area contributed by atoms with Crippen molar-refractivity contribution in [3.63, 3.8) is 0 Å². The summed E-state index contributed by atoms with van der Waals surface area (Å²) in [6, 6.07) is 0.897. The molecule has 0 amide bonds. The van der Waals surface area contributed by atoms with Crippen LogP contribution in [0.5, 0.6) is 0 Å². The van der Waals surface area contributed by atoms with Gasteiger partial charge in [-0.1, -0.05) is 45.4 Å². The van der Waals surface area contributed by atoms with Crippen molar-refractivity contribution < 1.29 is 0 Å². The van der Waals surface area contributed by atoms with Crippen LogP contribution in [0, 0.1) is 0 Å². The summed E-state index contributed by atoms with van der Waals surface area (Å²) in [5.41, 5.74) is 0. The van der Waals surface area contributed by atoms with Gasteiger partial charge in [0.15, 0.2) is 0 Å². The van der Waals surface area contributed by atoms with Crippen LogP contribution in [0.15, 0.2) is 0 Å². The van der Waals surface area contributed by atoms with Crippen molar-refractivity contribution in [1.29, 1.82) is 0 Å². The van der Waals surface area contributed by atoms with Crippen molar-refractivity contribution in [1.82, 2.24) is 4.90 Å². The molecule has 1 heterocycles. The van der Waals surface area contributed by atoms with Gasteiger partial charge in [0, 0.05) is 6.04 Å². The van der Waals surface area contributed by atoms with Crippen LogP contribution in [-0.2, 0) is 0 Å². The lowest BCUT2D eigenvalue weighted by atomic mass is 9.99. The molecule has 2 heteroatoms. The van der Waals surface area contributed by atoms with E-state index in [0.29, 0.717) is 0 Å². The molecule has 1 unspecified atom stereocenters. The van der Waals surface area contributed by atoms with Gasteiger partial charge in [0.25, 0.3) is 0 Å². The second kappa shape index (κ2) is 11.2. The molecule has 0 aromatic rings. The topological polar surface area (TPSA) is 3.24 Å². The van der Waals surface area contributed by atoms with E-state index < -0.39 is 0 Å². The van der Waals surface area contributed by atoms with E-state index in [2.05, 4.69) is 24.5 Å². The Hall–Kier alpha value is 0.310. The fraction of sp³-hybridized carbons (Fsp3) is 1.00. The average molecular weight is 272 g/mol. The van der Waals surface area contributed by atoms with Crippen molar-refractivity contribution in [2.75, 3.05) is 18.8 Å². The predicted molar refractivity (Wildman–Crippen MR) is 85.7 cm³/mol. The minimum Gasteiger partial charge on any atom is -0.300 e. The third kappa shape index (κ3) is 7.04. The zero-order valence-corrected chi connectivity index (χ0v) is 13.3. The molecule has 0 spiro atoms. The molecule has 0 aliphatic carbocycles. The molecule has 0 saturated carbocycles. The fourth-order valence-corrected chi connectivity index (χ4v) is 3.35. The van der Waals surface area contributed by atoms with E-state index in [1.165, 1.54) is 83.7 Å². The number of piperidine rings is 1. The monoisotopic (exact) mass is 271 g/mol. The van der Waals surface area contributed by atoms with E-state index in [1.54, 1.807) is 0 Å². The van der Waals surface area contributed by atoms with Crippen molar-refractivity contribution in [3.05, 3.63) is 0 Å². The number of nitrogens with zero attached hydrogens (tertiary/aromatic N) is 1. The van der Waals surface area contributed by atoms with E-state index in [1.807, 2.05) is 0 Å². The minimum absolute atomic E-state index is 0.897. The molecule has 18 heavy (non-hydrogen) atoms. The largest absolute Gasteiger partial charge is 0.300 e. The number of thiol groups is 1. The average Bonchev–Trinajstić information content (AvgIpc) is 2.42. The summed E-state index contributed by atoms with van der Waals surface area (Å²) in [7, 11) is 0. The maximum absolute atomic E-state index is 4.25. The fourth-order valence-electron chi connectivity index (χ4n) is 3.13. The van der Waals surface area contributed by atoms with Gasteiger partial charge in [-0.3, -0.25) is 0 Å².